The molecule has 1 saturated heterocycles. The SMILES string of the molecule is CCCC(C)N(C)C(=O)C1(N)CCOC1. The molecule has 1 amide bonds. The van der Waals surface area contributed by atoms with Gasteiger partial charge >= 0.3 is 0 Å². The first-order valence-electron chi connectivity index (χ1n) is 5.65. The number of nitrogens with zero attached hydrogens (tertiary/aromatic N) is 1. The molecule has 0 aromatic heterocycles. The molecule has 4 nitrogen and oxygen atoms in total. The lowest BCUT2D eigenvalue weighted by atomic mass is 9.97. The molecular formula is C11H22N2O2. The Morgan fingerprint density at radius 3 is 2.80 bits per heavy atom. The van der Waals surface area contributed by atoms with E-state index in [1.54, 1.807) is 4.90 Å². The molecule has 0 aromatic carbocycles. The van der Waals surface area contributed by atoms with Gasteiger partial charge in [0, 0.05) is 19.7 Å². The van der Waals surface area contributed by atoms with Gasteiger partial charge in [-0.2, -0.15) is 0 Å². The van der Waals surface area contributed by atoms with E-state index in [4.69, 9.17) is 10.5 Å². The molecule has 0 aromatic rings. The van der Waals surface area contributed by atoms with Gasteiger partial charge in [-0.1, -0.05) is 13.3 Å². The number of amides is 1. The third-order valence-electron chi connectivity index (χ3n) is 3.17. The average molecular weight is 214 g/mol. The Hall–Kier alpha value is -0.610. The largest absolute Gasteiger partial charge is 0.379 e. The Bertz CT molecular complexity index is 225. The van der Waals surface area contributed by atoms with E-state index in [1.807, 2.05) is 7.05 Å². The van der Waals surface area contributed by atoms with Crippen molar-refractivity contribution in [1.29, 1.82) is 0 Å². The summed E-state index contributed by atoms with van der Waals surface area (Å²) in [6, 6.07) is 0.253. The van der Waals surface area contributed by atoms with Crippen molar-refractivity contribution in [3.8, 4) is 0 Å². The van der Waals surface area contributed by atoms with Gasteiger partial charge in [0.2, 0.25) is 5.91 Å². The van der Waals surface area contributed by atoms with E-state index in [-0.39, 0.29) is 11.9 Å². The standard InChI is InChI=1S/C11H22N2O2/c1-4-5-9(2)13(3)10(14)11(12)6-7-15-8-11/h9H,4-8,12H2,1-3H3. The minimum Gasteiger partial charge on any atom is -0.379 e. The lowest BCUT2D eigenvalue weighted by molar-refractivity contribution is -0.137. The Morgan fingerprint density at radius 1 is 1.67 bits per heavy atom. The summed E-state index contributed by atoms with van der Waals surface area (Å²) >= 11 is 0. The zero-order chi connectivity index (χ0) is 11.5. The Kier molecular flexibility index (Phi) is 4.11. The minimum absolute atomic E-state index is 0.0148. The van der Waals surface area contributed by atoms with Crippen LogP contribution in [0.1, 0.15) is 33.1 Å². The van der Waals surface area contributed by atoms with Gasteiger partial charge in [0.25, 0.3) is 0 Å². The maximum atomic E-state index is 12.1. The number of carbonyl (C=O) groups is 1. The van der Waals surface area contributed by atoms with Crippen LogP contribution >= 0.6 is 0 Å². The highest BCUT2D eigenvalue weighted by atomic mass is 16.5. The van der Waals surface area contributed by atoms with Crippen molar-refractivity contribution in [2.45, 2.75) is 44.7 Å². The molecule has 2 atom stereocenters. The minimum atomic E-state index is -0.781. The fraction of sp³-hybridized carbons (Fsp3) is 0.909. The van der Waals surface area contributed by atoms with Gasteiger partial charge in [-0.15, -0.1) is 0 Å². The topological polar surface area (TPSA) is 55.6 Å². The number of ether oxygens (including phenoxy) is 1. The zero-order valence-electron chi connectivity index (χ0n) is 9.95. The van der Waals surface area contributed by atoms with Gasteiger partial charge < -0.3 is 15.4 Å². The van der Waals surface area contributed by atoms with E-state index in [0.717, 1.165) is 12.8 Å². The van der Waals surface area contributed by atoms with E-state index < -0.39 is 5.54 Å². The van der Waals surface area contributed by atoms with Gasteiger partial charge in [0.15, 0.2) is 0 Å². The molecule has 1 aliphatic rings. The summed E-state index contributed by atoms with van der Waals surface area (Å²) in [4.78, 5) is 13.9. The van der Waals surface area contributed by atoms with Crippen molar-refractivity contribution >= 4 is 5.91 Å². The Morgan fingerprint density at radius 2 is 2.33 bits per heavy atom. The van der Waals surface area contributed by atoms with E-state index in [0.29, 0.717) is 19.6 Å². The highest BCUT2D eigenvalue weighted by Gasteiger charge is 2.40. The number of hydrogen-bond acceptors (Lipinski definition) is 3. The first kappa shape index (κ1) is 12.5. The summed E-state index contributed by atoms with van der Waals surface area (Å²) in [5.74, 6) is 0.0148. The highest BCUT2D eigenvalue weighted by Crippen LogP contribution is 2.19. The first-order chi connectivity index (χ1) is 7.01. The number of rotatable bonds is 4. The third kappa shape index (κ3) is 2.69. The molecule has 0 aliphatic carbocycles. The highest BCUT2D eigenvalue weighted by molar-refractivity contribution is 5.86. The maximum Gasteiger partial charge on any atom is 0.245 e. The number of likely N-dealkylation sites (N-methyl/N-ethyl adjacent to an activating group) is 1. The number of carbonyl (C=O) groups excluding carboxylic acids is 1. The molecular weight excluding hydrogens is 192 g/mol. The molecule has 4 heteroatoms. The van der Waals surface area contributed by atoms with Gasteiger partial charge in [-0.05, 0) is 19.8 Å². The molecule has 15 heavy (non-hydrogen) atoms. The van der Waals surface area contributed by atoms with Crippen LogP contribution in [0.5, 0.6) is 0 Å². The number of hydrogen-bond donors (Lipinski definition) is 1. The van der Waals surface area contributed by atoms with Crippen LogP contribution in [0.4, 0.5) is 0 Å². The van der Waals surface area contributed by atoms with E-state index in [2.05, 4.69) is 13.8 Å². The molecule has 0 spiro atoms. The van der Waals surface area contributed by atoms with Crippen molar-refractivity contribution in [3.63, 3.8) is 0 Å². The van der Waals surface area contributed by atoms with Crippen LogP contribution in [0.25, 0.3) is 0 Å². The molecule has 2 unspecified atom stereocenters. The molecule has 2 N–H and O–H groups in total. The quantitative estimate of drug-likeness (QED) is 0.751. The third-order valence-corrected chi connectivity index (χ3v) is 3.17. The summed E-state index contributed by atoms with van der Waals surface area (Å²) in [6.07, 6.45) is 2.72. The van der Waals surface area contributed by atoms with Gasteiger partial charge in [-0.25, -0.2) is 0 Å². The van der Waals surface area contributed by atoms with Crippen LogP contribution in [0.2, 0.25) is 0 Å². The van der Waals surface area contributed by atoms with Crippen LogP contribution in [-0.4, -0.2) is 42.6 Å². The molecule has 0 radical (unpaired) electrons. The predicted octanol–water partition coefficient (Wildman–Crippen LogP) is 0.751. The van der Waals surface area contributed by atoms with Crippen molar-refractivity contribution in [2.75, 3.05) is 20.3 Å². The summed E-state index contributed by atoms with van der Waals surface area (Å²) in [7, 11) is 1.83. The molecule has 1 fully saturated rings. The van der Waals surface area contributed by atoms with E-state index in [9.17, 15) is 4.79 Å². The van der Waals surface area contributed by atoms with Crippen LogP contribution in [0.3, 0.4) is 0 Å². The maximum absolute atomic E-state index is 12.1. The summed E-state index contributed by atoms with van der Waals surface area (Å²) in [5.41, 5.74) is 5.24. The Labute approximate surface area is 91.8 Å². The molecule has 88 valence electrons. The normalized spacial score (nSPS) is 27.7. The smallest absolute Gasteiger partial charge is 0.245 e. The zero-order valence-corrected chi connectivity index (χ0v) is 9.95. The van der Waals surface area contributed by atoms with Crippen LogP contribution in [0.15, 0.2) is 0 Å². The predicted molar refractivity (Wildman–Crippen MR) is 59.5 cm³/mol. The fourth-order valence-corrected chi connectivity index (χ4v) is 1.91. The average Bonchev–Trinajstić information content (AvgIpc) is 2.64. The molecule has 1 rings (SSSR count). The second-order valence-corrected chi connectivity index (χ2v) is 4.51. The van der Waals surface area contributed by atoms with Crippen molar-refractivity contribution < 1.29 is 9.53 Å². The van der Waals surface area contributed by atoms with Gasteiger partial charge in [-0.3, -0.25) is 4.79 Å². The first-order valence-corrected chi connectivity index (χ1v) is 5.65. The Balaban J connectivity index is 2.58. The second kappa shape index (κ2) is 4.94. The van der Waals surface area contributed by atoms with Gasteiger partial charge in [0.1, 0.15) is 5.54 Å². The van der Waals surface area contributed by atoms with Gasteiger partial charge in [0.05, 0.1) is 6.61 Å². The summed E-state index contributed by atoms with van der Waals surface area (Å²) < 4.78 is 5.20. The van der Waals surface area contributed by atoms with Crippen LogP contribution in [0, 0.1) is 0 Å². The lowest BCUT2D eigenvalue weighted by Crippen LogP contribution is -2.56. The monoisotopic (exact) mass is 214 g/mol. The van der Waals surface area contributed by atoms with Crippen LogP contribution < -0.4 is 5.73 Å². The molecule has 1 heterocycles. The van der Waals surface area contributed by atoms with E-state index >= 15 is 0 Å². The van der Waals surface area contributed by atoms with E-state index in [1.165, 1.54) is 0 Å². The summed E-state index contributed by atoms with van der Waals surface area (Å²) in [6.45, 7) is 5.12. The lowest BCUT2D eigenvalue weighted by Gasteiger charge is -2.31. The molecule has 0 bridgehead atoms. The molecule has 0 saturated carbocycles. The van der Waals surface area contributed by atoms with Crippen LogP contribution in [-0.2, 0) is 9.53 Å². The fourth-order valence-electron chi connectivity index (χ4n) is 1.91. The van der Waals surface area contributed by atoms with Crippen molar-refractivity contribution in [2.24, 2.45) is 5.73 Å². The summed E-state index contributed by atoms with van der Waals surface area (Å²) in [5, 5.41) is 0. The van der Waals surface area contributed by atoms with Crippen molar-refractivity contribution in [3.05, 3.63) is 0 Å². The molecule has 1 aliphatic heterocycles. The van der Waals surface area contributed by atoms with Crippen molar-refractivity contribution in [1.82, 2.24) is 4.90 Å². The second-order valence-electron chi connectivity index (χ2n) is 4.51. The number of nitrogens with two attached hydrogens (primary N) is 1.